The van der Waals surface area contributed by atoms with Crippen LogP contribution in [-0.2, 0) is 47.6 Å². The molecule has 0 aliphatic heterocycles. The highest BCUT2D eigenvalue weighted by molar-refractivity contribution is 5.78. The van der Waals surface area contributed by atoms with Crippen LogP contribution in [0.25, 0.3) is 0 Å². The Morgan fingerprint density at radius 2 is 0.700 bits per heavy atom. The van der Waals surface area contributed by atoms with Gasteiger partial charge in [0.05, 0.1) is 19.8 Å². The molecule has 0 aromatic heterocycles. The lowest BCUT2D eigenvalue weighted by molar-refractivity contribution is -0.157. The molecule has 0 fully saturated rings. The zero-order valence-electron chi connectivity index (χ0n) is 46.3. The lowest BCUT2D eigenvalue weighted by Crippen LogP contribution is -2.31. The summed E-state index contributed by atoms with van der Waals surface area (Å²) >= 11 is 0. The molecule has 3 unspecified atom stereocenters. The fourth-order valence-electron chi connectivity index (χ4n) is 8.55. The third-order valence-corrected chi connectivity index (χ3v) is 13.0. The minimum atomic E-state index is -1.29. The molecule has 70 heavy (non-hydrogen) atoms. The molecular weight excluding hydrogens is 887 g/mol. The molecule has 12 nitrogen and oxygen atoms in total. The van der Waals surface area contributed by atoms with E-state index in [1.807, 2.05) is 19.0 Å². The average Bonchev–Trinajstić information content (AvgIpc) is 3.33. The molecule has 12 heteroatoms. The van der Waals surface area contributed by atoms with Crippen LogP contribution in [0.5, 0.6) is 0 Å². The van der Waals surface area contributed by atoms with E-state index in [9.17, 15) is 24.0 Å². The number of rotatable bonds is 52. The second-order valence-electron chi connectivity index (χ2n) is 20.2. The average molecular weight is 997 g/mol. The van der Waals surface area contributed by atoms with Crippen molar-refractivity contribution in [2.75, 3.05) is 40.5 Å². The highest BCUT2D eigenvalue weighted by atomic mass is 16.7. The van der Waals surface area contributed by atoms with Gasteiger partial charge >= 0.3 is 30.0 Å². The molecule has 412 valence electrons. The molecular formula is C58H109NO11. The van der Waals surface area contributed by atoms with E-state index in [0.717, 1.165) is 116 Å². The van der Waals surface area contributed by atoms with Crippen LogP contribution >= 0.6 is 0 Å². The van der Waals surface area contributed by atoms with Gasteiger partial charge in [0, 0.05) is 25.7 Å². The predicted octanol–water partition coefficient (Wildman–Crippen LogP) is 15.7. The van der Waals surface area contributed by atoms with Crippen LogP contribution in [0.4, 0.5) is 4.79 Å². The fourth-order valence-corrected chi connectivity index (χ4v) is 8.55. The SMILES string of the molecule is CCCCCCCCC(CCCCCC)OC(=O)CCCCCCCOC(=O)CCC(OC(=O)OCCCCN(C)C)C(=O)OCCCCCCCC(=O)OC(CCCCCC)CCCCCCCC. The van der Waals surface area contributed by atoms with E-state index >= 15 is 0 Å². The molecule has 0 aliphatic carbocycles. The van der Waals surface area contributed by atoms with Crippen LogP contribution in [0.3, 0.4) is 0 Å². The van der Waals surface area contributed by atoms with Gasteiger partial charge in [0.1, 0.15) is 12.2 Å². The maximum atomic E-state index is 13.1. The van der Waals surface area contributed by atoms with Crippen LogP contribution in [0.15, 0.2) is 0 Å². The van der Waals surface area contributed by atoms with Crippen molar-refractivity contribution in [1.29, 1.82) is 0 Å². The first kappa shape index (κ1) is 67.1. The molecule has 0 saturated heterocycles. The summed E-state index contributed by atoms with van der Waals surface area (Å²) in [7, 11) is 3.95. The lowest BCUT2D eigenvalue weighted by atomic mass is 10.0. The Bertz CT molecular complexity index is 1230. The third kappa shape index (κ3) is 46.2. The monoisotopic (exact) mass is 996 g/mol. The number of esters is 4. The third-order valence-electron chi connectivity index (χ3n) is 13.0. The van der Waals surface area contributed by atoms with Gasteiger partial charge < -0.3 is 33.3 Å². The largest absolute Gasteiger partial charge is 0.509 e. The van der Waals surface area contributed by atoms with Crippen molar-refractivity contribution >= 4 is 30.0 Å². The molecule has 0 saturated carbocycles. The van der Waals surface area contributed by atoms with E-state index in [0.29, 0.717) is 32.1 Å². The van der Waals surface area contributed by atoms with Crippen LogP contribution in [0.2, 0.25) is 0 Å². The zero-order chi connectivity index (χ0) is 51.6. The van der Waals surface area contributed by atoms with Gasteiger partial charge in [-0.1, -0.05) is 169 Å². The molecule has 0 heterocycles. The van der Waals surface area contributed by atoms with Gasteiger partial charge in [0.25, 0.3) is 0 Å². The highest BCUT2D eigenvalue weighted by Crippen LogP contribution is 2.20. The first-order valence-corrected chi connectivity index (χ1v) is 29.2. The first-order valence-electron chi connectivity index (χ1n) is 29.2. The zero-order valence-corrected chi connectivity index (χ0v) is 46.3. The van der Waals surface area contributed by atoms with Crippen molar-refractivity contribution < 1.29 is 52.4 Å². The Morgan fingerprint density at radius 3 is 1.14 bits per heavy atom. The maximum Gasteiger partial charge on any atom is 0.509 e. The summed E-state index contributed by atoms with van der Waals surface area (Å²) in [6.45, 7) is 10.3. The number of carbonyl (C=O) groups is 5. The molecule has 3 atom stereocenters. The van der Waals surface area contributed by atoms with Gasteiger partial charge in [-0.15, -0.1) is 0 Å². The van der Waals surface area contributed by atoms with Gasteiger partial charge in [-0.25, -0.2) is 9.59 Å². The van der Waals surface area contributed by atoms with Crippen LogP contribution < -0.4 is 0 Å². The Hall–Kier alpha value is -2.89. The summed E-state index contributed by atoms with van der Waals surface area (Å²) in [5.41, 5.74) is 0. The molecule has 0 radical (unpaired) electrons. The quantitative estimate of drug-likeness (QED) is 0.0325. The molecule has 0 bridgehead atoms. The first-order chi connectivity index (χ1) is 34.1. The smallest absolute Gasteiger partial charge is 0.466 e. The van der Waals surface area contributed by atoms with Crippen molar-refractivity contribution in [3.05, 3.63) is 0 Å². The van der Waals surface area contributed by atoms with E-state index < -0.39 is 24.2 Å². The number of ether oxygens (including phenoxy) is 6. The summed E-state index contributed by atoms with van der Waals surface area (Å²) in [6.07, 6.45) is 36.2. The summed E-state index contributed by atoms with van der Waals surface area (Å²) in [6, 6.07) is 0. The second-order valence-corrected chi connectivity index (χ2v) is 20.2. The standard InChI is InChI=1S/C58H109NO11/c1-7-11-15-19-23-31-41-51(39-29-17-13-9-3)68-55(61)43-33-25-21-27-36-48-65-54(60)46-45-53(70-58(64)67-50-38-35-47-59(5)6)57(63)66-49-37-28-22-26-34-44-56(62)69-52(40-30-18-14-10-4)42-32-24-20-16-12-8-2/h51-53H,7-50H2,1-6H3. The van der Waals surface area contributed by atoms with Gasteiger partial charge in [-0.2, -0.15) is 0 Å². The lowest BCUT2D eigenvalue weighted by Gasteiger charge is -2.18. The Kier molecular flexibility index (Phi) is 48.9. The maximum absolute atomic E-state index is 13.1. The van der Waals surface area contributed by atoms with Crippen molar-refractivity contribution in [3.63, 3.8) is 0 Å². The van der Waals surface area contributed by atoms with E-state index in [1.54, 1.807) is 0 Å². The van der Waals surface area contributed by atoms with E-state index in [1.165, 1.54) is 103 Å². The molecule has 0 spiro atoms. The van der Waals surface area contributed by atoms with Crippen molar-refractivity contribution in [3.8, 4) is 0 Å². The van der Waals surface area contributed by atoms with E-state index in [2.05, 4.69) is 27.7 Å². The molecule has 0 aliphatic rings. The minimum absolute atomic E-state index is 0.0261. The van der Waals surface area contributed by atoms with Crippen LogP contribution in [0.1, 0.15) is 285 Å². The van der Waals surface area contributed by atoms with Gasteiger partial charge in [-0.3, -0.25) is 14.4 Å². The molecule has 0 aromatic carbocycles. The van der Waals surface area contributed by atoms with Gasteiger partial charge in [0.15, 0.2) is 0 Å². The normalized spacial score (nSPS) is 12.6. The number of hydrogen-bond donors (Lipinski definition) is 0. The summed E-state index contributed by atoms with van der Waals surface area (Å²) in [4.78, 5) is 65.8. The molecule has 0 aromatic rings. The van der Waals surface area contributed by atoms with Crippen LogP contribution in [-0.4, -0.2) is 93.7 Å². The van der Waals surface area contributed by atoms with Gasteiger partial charge in [0.2, 0.25) is 6.10 Å². The number of unbranched alkanes of at least 4 members (excludes halogenated alkanes) is 25. The molecule has 0 rings (SSSR count). The number of carbonyl (C=O) groups excluding carboxylic acids is 5. The number of nitrogens with zero attached hydrogens (tertiary/aromatic N) is 1. The van der Waals surface area contributed by atoms with E-state index in [-0.39, 0.29) is 56.8 Å². The minimum Gasteiger partial charge on any atom is -0.466 e. The van der Waals surface area contributed by atoms with Crippen molar-refractivity contribution in [2.24, 2.45) is 0 Å². The summed E-state index contributed by atoms with van der Waals surface area (Å²) in [5.74, 6) is -1.37. The fraction of sp³-hybridized carbons (Fsp3) is 0.914. The summed E-state index contributed by atoms with van der Waals surface area (Å²) < 4.78 is 33.4. The Morgan fingerprint density at radius 1 is 0.343 bits per heavy atom. The number of hydrogen-bond acceptors (Lipinski definition) is 12. The van der Waals surface area contributed by atoms with Gasteiger partial charge in [-0.05, 0) is 111 Å². The highest BCUT2D eigenvalue weighted by Gasteiger charge is 2.27. The van der Waals surface area contributed by atoms with Crippen molar-refractivity contribution in [1.82, 2.24) is 4.90 Å². The predicted molar refractivity (Wildman–Crippen MR) is 284 cm³/mol. The second kappa shape index (κ2) is 51.0. The summed E-state index contributed by atoms with van der Waals surface area (Å²) in [5, 5.41) is 0. The van der Waals surface area contributed by atoms with E-state index in [4.69, 9.17) is 28.4 Å². The van der Waals surface area contributed by atoms with Crippen LogP contribution in [0, 0.1) is 0 Å². The molecule has 0 N–H and O–H groups in total. The molecule has 0 amide bonds. The Labute approximate surface area is 429 Å². The topological polar surface area (TPSA) is 144 Å². The van der Waals surface area contributed by atoms with Crippen molar-refractivity contribution in [2.45, 2.75) is 303 Å². The Balaban J connectivity index is 4.65.